The number of hydrogen-bond donors (Lipinski definition) is 1. The summed E-state index contributed by atoms with van der Waals surface area (Å²) in [5, 5.41) is 21.3. The molecule has 0 unspecified atom stereocenters. The Labute approximate surface area is 121 Å². The third-order valence-corrected chi connectivity index (χ3v) is 2.63. The number of benzene rings is 1. The lowest BCUT2D eigenvalue weighted by molar-refractivity contribution is -0.385. The molecule has 0 amide bonds. The van der Waals surface area contributed by atoms with Crippen LogP contribution in [0.1, 0.15) is 0 Å². The van der Waals surface area contributed by atoms with E-state index < -0.39 is 21.4 Å². The molecule has 1 aromatic heterocycles. The lowest BCUT2D eigenvalue weighted by Gasteiger charge is -2.06. The molecule has 0 aliphatic heterocycles. The molecule has 0 saturated heterocycles. The van der Waals surface area contributed by atoms with Crippen LogP contribution in [-0.4, -0.2) is 19.8 Å². The fraction of sp³-hybridized carbons (Fsp3) is 0. The fourth-order valence-corrected chi connectivity index (χ4v) is 1.67. The first kappa shape index (κ1) is 14.4. The number of nitro benzene ring substituents is 1. The van der Waals surface area contributed by atoms with Gasteiger partial charge < -0.3 is 10.5 Å². The molecule has 108 valence electrons. The van der Waals surface area contributed by atoms with Crippen molar-refractivity contribution in [1.82, 2.24) is 9.97 Å². The quantitative estimate of drug-likeness (QED) is 0.668. The highest BCUT2D eigenvalue weighted by Gasteiger charge is 2.23. The second kappa shape index (κ2) is 5.54. The van der Waals surface area contributed by atoms with Crippen molar-refractivity contribution in [3.8, 4) is 11.6 Å². The minimum Gasteiger partial charge on any atom is -0.433 e. The monoisotopic (exact) mass is 311 g/mol. The van der Waals surface area contributed by atoms with Crippen LogP contribution in [0.3, 0.4) is 0 Å². The van der Waals surface area contributed by atoms with Gasteiger partial charge in [-0.2, -0.15) is 4.98 Å². The highest BCUT2D eigenvalue weighted by Crippen LogP contribution is 2.35. The first-order valence-corrected chi connectivity index (χ1v) is 5.64. The number of ether oxygens (including phenoxy) is 1. The summed E-state index contributed by atoms with van der Waals surface area (Å²) in [6.07, 6.45) is 0.991. The van der Waals surface area contributed by atoms with Gasteiger partial charge in [0.15, 0.2) is 0 Å². The van der Waals surface area contributed by atoms with Gasteiger partial charge in [0.1, 0.15) is 17.1 Å². The van der Waals surface area contributed by atoms with Gasteiger partial charge in [-0.1, -0.05) is 11.6 Å². The summed E-state index contributed by atoms with van der Waals surface area (Å²) in [7, 11) is 0. The number of aromatic nitrogens is 2. The molecule has 0 atom stereocenters. The Morgan fingerprint density at radius 3 is 2.48 bits per heavy atom. The lowest BCUT2D eigenvalue weighted by Crippen LogP contribution is -2.02. The zero-order valence-electron chi connectivity index (χ0n) is 10.1. The normalized spacial score (nSPS) is 10.1. The lowest BCUT2D eigenvalue weighted by atomic mass is 10.3. The van der Waals surface area contributed by atoms with Gasteiger partial charge in [0.25, 0.3) is 5.69 Å². The summed E-state index contributed by atoms with van der Waals surface area (Å²) < 4.78 is 5.19. The van der Waals surface area contributed by atoms with Crippen molar-refractivity contribution in [3.63, 3.8) is 0 Å². The molecule has 0 aliphatic rings. The Morgan fingerprint density at radius 2 is 1.90 bits per heavy atom. The maximum atomic E-state index is 10.9. The first-order chi connectivity index (χ1) is 9.90. The number of anilines is 1. The van der Waals surface area contributed by atoms with Crippen molar-refractivity contribution in [3.05, 3.63) is 49.8 Å². The van der Waals surface area contributed by atoms with Crippen molar-refractivity contribution >= 4 is 28.8 Å². The predicted octanol–water partition coefficient (Wildman–Crippen LogP) is 2.32. The summed E-state index contributed by atoms with van der Waals surface area (Å²) >= 11 is 5.71. The molecule has 0 bridgehead atoms. The van der Waals surface area contributed by atoms with Crippen molar-refractivity contribution in [2.45, 2.75) is 0 Å². The Balaban J connectivity index is 2.39. The Kier molecular flexibility index (Phi) is 3.80. The Hall–Kier alpha value is -3.01. The van der Waals surface area contributed by atoms with E-state index >= 15 is 0 Å². The highest BCUT2D eigenvalue weighted by atomic mass is 35.5. The molecule has 0 spiro atoms. The van der Waals surface area contributed by atoms with E-state index in [2.05, 4.69) is 9.97 Å². The summed E-state index contributed by atoms with van der Waals surface area (Å²) in [5.74, 6) is -0.720. The van der Waals surface area contributed by atoms with Crippen LogP contribution in [0.4, 0.5) is 17.2 Å². The van der Waals surface area contributed by atoms with Crippen molar-refractivity contribution in [2.24, 2.45) is 0 Å². The standard InChI is InChI=1S/C10H6ClN5O5/c11-6-3-5(1-2-7(6)15(17)18)21-10-8(16(19)20)9(12)13-4-14-10/h1-4H,(H2,12,13,14). The van der Waals surface area contributed by atoms with Gasteiger partial charge in [-0.3, -0.25) is 20.2 Å². The number of halogens is 1. The van der Waals surface area contributed by atoms with Crippen molar-refractivity contribution < 1.29 is 14.6 Å². The first-order valence-electron chi connectivity index (χ1n) is 5.27. The number of nitro groups is 2. The van der Waals surface area contributed by atoms with E-state index in [9.17, 15) is 20.2 Å². The molecular weight excluding hydrogens is 306 g/mol. The molecule has 21 heavy (non-hydrogen) atoms. The van der Waals surface area contributed by atoms with Gasteiger partial charge >= 0.3 is 11.6 Å². The van der Waals surface area contributed by atoms with E-state index in [0.717, 1.165) is 18.5 Å². The van der Waals surface area contributed by atoms with Crippen LogP contribution in [0.15, 0.2) is 24.5 Å². The van der Waals surface area contributed by atoms with Gasteiger partial charge in [0, 0.05) is 12.1 Å². The molecule has 11 heteroatoms. The van der Waals surface area contributed by atoms with Gasteiger partial charge in [0.05, 0.1) is 9.85 Å². The SMILES string of the molecule is Nc1ncnc(Oc2ccc([N+](=O)[O-])c(Cl)c2)c1[N+](=O)[O-]. The minimum atomic E-state index is -0.794. The molecule has 1 heterocycles. The van der Waals surface area contributed by atoms with Crippen LogP contribution < -0.4 is 10.5 Å². The zero-order chi connectivity index (χ0) is 15.6. The number of nitrogen functional groups attached to an aromatic ring is 1. The van der Waals surface area contributed by atoms with E-state index in [1.54, 1.807) is 0 Å². The van der Waals surface area contributed by atoms with Crippen LogP contribution >= 0.6 is 11.6 Å². The average molecular weight is 312 g/mol. The average Bonchev–Trinajstić information content (AvgIpc) is 2.37. The molecule has 2 aromatic rings. The minimum absolute atomic E-state index is 0.0341. The Morgan fingerprint density at radius 1 is 1.19 bits per heavy atom. The van der Waals surface area contributed by atoms with Crippen LogP contribution in [0, 0.1) is 20.2 Å². The van der Waals surface area contributed by atoms with Crippen LogP contribution in [-0.2, 0) is 0 Å². The second-order valence-corrected chi connectivity index (χ2v) is 4.05. The summed E-state index contributed by atoms with van der Waals surface area (Å²) in [4.78, 5) is 27.2. The fourth-order valence-electron chi connectivity index (χ4n) is 1.43. The molecule has 0 fully saturated rings. The molecule has 0 aliphatic carbocycles. The summed E-state index contributed by atoms with van der Waals surface area (Å²) in [6.45, 7) is 0. The molecule has 10 nitrogen and oxygen atoms in total. The van der Waals surface area contributed by atoms with E-state index in [0.29, 0.717) is 0 Å². The predicted molar refractivity (Wildman–Crippen MR) is 71.3 cm³/mol. The Bertz CT molecular complexity index is 738. The van der Waals surface area contributed by atoms with E-state index in [-0.39, 0.29) is 22.3 Å². The topological polar surface area (TPSA) is 147 Å². The molecule has 1 aromatic carbocycles. The number of hydrogen-bond acceptors (Lipinski definition) is 8. The van der Waals surface area contributed by atoms with Crippen molar-refractivity contribution in [1.29, 1.82) is 0 Å². The maximum absolute atomic E-state index is 10.9. The molecule has 0 saturated carbocycles. The highest BCUT2D eigenvalue weighted by molar-refractivity contribution is 6.32. The largest absolute Gasteiger partial charge is 0.433 e. The maximum Gasteiger partial charge on any atom is 0.372 e. The number of nitrogens with two attached hydrogens (primary N) is 1. The summed E-state index contributed by atoms with van der Waals surface area (Å²) in [6, 6.07) is 3.47. The second-order valence-electron chi connectivity index (χ2n) is 3.64. The van der Waals surface area contributed by atoms with Gasteiger partial charge in [0.2, 0.25) is 5.82 Å². The molecule has 0 radical (unpaired) electrons. The van der Waals surface area contributed by atoms with Crippen LogP contribution in [0.2, 0.25) is 5.02 Å². The van der Waals surface area contributed by atoms with Crippen molar-refractivity contribution in [2.75, 3.05) is 5.73 Å². The van der Waals surface area contributed by atoms with Gasteiger partial charge in [-0.15, -0.1) is 0 Å². The van der Waals surface area contributed by atoms with Crippen LogP contribution in [0.25, 0.3) is 0 Å². The van der Waals surface area contributed by atoms with Gasteiger partial charge in [-0.25, -0.2) is 4.98 Å². The molecule has 2 N–H and O–H groups in total. The molecule has 2 rings (SSSR count). The van der Waals surface area contributed by atoms with Crippen LogP contribution in [0.5, 0.6) is 11.6 Å². The molecular formula is C10H6ClN5O5. The van der Waals surface area contributed by atoms with E-state index in [4.69, 9.17) is 22.1 Å². The number of rotatable bonds is 4. The zero-order valence-corrected chi connectivity index (χ0v) is 10.9. The van der Waals surface area contributed by atoms with E-state index in [1.807, 2.05) is 0 Å². The summed E-state index contributed by atoms with van der Waals surface area (Å²) in [5.41, 5.74) is 4.46. The number of nitrogens with zero attached hydrogens (tertiary/aromatic N) is 4. The smallest absolute Gasteiger partial charge is 0.372 e. The van der Waals surface area contributed by atoms with E-state index in [1.165, 1.54) is 6.07 Å². The third kappa shape index (κ3) is 2.95. The van der Waals surface area contributed by atoms with Gasteiger partial charge in [-0.05, 0) is 6.07 Å². The third-order valence-electron chi connectivity index (χ3n) is 2.33.